The molecule has 1 aromatic rings. The summed E-state index contributed by atoms with van der Waals surface area (Å²) in [5.74, 6) is 1.01. The third kappa shape index (κ3) is 4.73. The minimum absolute atomic E-state index is 0.228. The van der Waals surface area contributed by atoms with Crippen LogP contribution in [0.15, 0.2) is 35.3 Å². The minimum atomic E-state index is -0.285. The van der Waals surface area contributed by atoms with Crippen molar-refractivity contribution >= 4 is 11.9 Å². The Balaban J connectivity index is 2.02. The number of hydrogen-bond acceptors (Lipinski definition) is 2. The van der Waals surface area contributed by atoms with Crippen molar-refractivity contribution in [3.8, 4) is 0 Å². The van der Waals surface area contributed by atoms with E-state index < -0.39 is 0 Å². The lowest BCUT2D eigenvalue weighted by atomic mass is 9.84. The van der Waals surface area contributed by atoms with Gasteiger partial charge in [-0.1, -0.05) is 43.2 Å². The van der Waals surface area contributed by atoms with Crippen LogP contribution in [0.5, 0.6) is 0 Å². The maximum atomic E-state index is 12.6. The molecule has 24 heavy (non-hydrogen) atoms. The summed E-state index contributed by atoms with van der Waals surface area (Å²) in [5.41, 5.74) is 0.890. The number of benzene rings is 1. The molecular weight excluding hydrogens is 300 g/mol. The molecule has 0 unspecified atom stereocenters. The van der Waals surface area contributed by atoms with E-state index in [1.165, 1.54) is 5.56 Å². The molecular formula is C19H30N4O. The average molecular weight is 330 g/mol. The summed E-state index contributed by atoms with van der Waals surface area (Å²) in [4.78, 5) is 19.0. The van der Waals surface area contributed by atoms with Crippen LogP contribution in [0.3, 0.4) is 0 Å². The van der Waals surface area contributed by atoms with Gasteiger partial charge in [-0.15, -0.1) is 0 Å². The van der Waals surface area contributed by atoms with Gasteiger partial charge in [0.2, 0.25) is 5.91 Å². The van der Waals surface area contributed by atoms with Gasteiger partial charge in [-0.25, -0.2) is 4.99 Å². The fourth-order valence-electron chi connectivity index (χ4n) is 3.34. The molecule has 0 aromatic heterocycles. The number of nitrogens with zero attached hydrogens (tertiary/aromatic N) is 2. The van der Waals surface area contributed by atoms with Crippen molar-refractivity contribution in [1.82, 2.24) is 15.5 Å². The van der Waals surface area contributed by atoms with E-state index >= 15 is 0 Å². The summed E-state index contributed by atoms with van der Waals surface area (Å²) >= 11 is 0. The number of carbonyl (C=O) groups excluding carboxylic acids is 1. The lowest BCUT2D eigenvalue weighted by molar-refractivity contribution is -0.138. The highest BCUT2D eigenvalue weighted by atomic mass is 16.2. The van der Waals surface area contributed by atoms with Crippen LogP contribution >= 0.6 is 0 Å². The fraction of sp³-hybridized carbons (Fsp3) is 0.579. The van der Waals surface area contributed by atoms with Crippen LogP contribution in [0.2, 0.25) is 0 Å². The summed E-state index contributed by atoms with van der Waals surface area (Å²) in [7, 11) is 3.69. The maximum absolute atomic E-state index is 12.6. The second kappa shape index (κ2) is 8.71. The first-order chi connectivity index (χ1) is 11.6. The number of guanidine groups is 1. The number of nitrogens with one attached hydrogen (secondary N) is 2. The lowest BCUT2D eigenvalue weighted by Gasteiger charge is -2.31. The molecule has 2 N–H and O–H groups in total. The monoisotopic (exact) mass is 330 g/mol. The third-order valence-electron chi connectivity index (χ3n) is 4.62. The van der Waals surface area contributed by atoms with E-state index in [4.69, 9.17) is 0 Å². The Bertz CT molecular complexity index is 548. The molecule has 0 saturated heterocycles. The van der Waals surface area contributed by atoms with Crippen molar-refractivity contribution in [2.45, 2.75) is 39.2 Å². The molecule has 1 aromatic carbocycles. The highest BCUT2D eigenvalue weighted by Crippen LogP contribution is 2.38. The topological polar surface area (TPSA) is 56.7 Å². The molecule has 2 rings (SSSR count). The number of amides is 1. The van der Waals surface area contributed by atoms with Gasteiger partial charge in [0.1, 0.15) is 0 Å². The summed E-state index contributed by atoms with van der Waals surface area (Å²) in [6.07, 6.45) is 4.15. The quantitative estimate of drug-likeness (QED) is 0.622. The Labute approximate surface area is 145 Å². The van der Waals surface area contributed by atoms with Gasteiger partial charge in [-0.05, 0) is 25.3 Å². The predicted molar refractivity (Wildman–Crippen MR) is 98.9 cm³/mol. The molecule has 0 radical (unpaired) electrons. The van der Waals surface area contributed by atoms with Crippen molar-refractivity contribution < 1.29 is 4.79 Å². The number of aliphatic imine (C=N–C) groups is 1. The minimum Gasteiger partial charge on any atom is -0.357 e. The zero-order valence-electron chi connectivity index (χ0n) is 15.1. The summed E-state index contributed by atoms with van der Waals surface area (Å²) in [6, 6.07) is 10.2. The SMILES string of the molecule is CCNC(=NCc1ccccc1)NCC1(C(=O)N(C)C)CCCC1. The Morgan fingerprint density at radius 1 is 1.17 bits per heavy atom. The highest BCUT2D eigenvalue weighted by molar-refractivity contribution is 5.85. The second-order valence-electron chi connectivity index (χ2n) is 6.72. The van der Waals surface area contributed by atoms with Crippen molar-refractivity contribution in [3.05, 3.63) is 35.9 Å². The van der Waals surface area contributed by atoms with Gasteiger partial charge in [0.25, 0.3) is 0 Å². The van der Waals surface area contributed by atoms with E-state index in [0.29, 0.717) is 13.1 Å². The van der Waals surface area contributed by atoms with Gasteiger partial charge in [-0.3, -0.25) is 4.79 Å². The van der Waals surface area contributed by atoms with Gasteiger partial charge >= 0.3 is 0 Å². The first kappa shape index (κ1) is 18.3. The van der Waals surface area contributed by atoms with E-state index in [9.17, 15) is 4.79 Å². The number of hydrogen-bond donors (Lipinski definition) is 2. The molecule has 0 bridgehead atoms. The van der Waals surface area contributed by atoms with Crippen molar-refractivity contribution in [1.29, 1.82) is 0 Å². The average Bonchev–Trinajstić information content (AvgIpc) is 3.07. The van der Waals surface area contributed by atoms with Crippen LogP contribution in [0.1, 0.15) is 38.2 Å². The first-order valence-corrected chi connectivity index (χ1v) is 8.85. The molecule has 5 heteroatoms. The summed E-state index contributed by atoms with van der Waals surface area (Å²) in [6.45, 7) is 4.13. The van der Waals surface area contributed by atoms with Gasteiger partial charge in [0.05, 0.1) is 12.0 Å². The molecule has 0 spiro atoms. The van der Waals surface area contributed by atoms with Crippen LogP contribution in [-0.4, -0.2) is 44.0 Å². The number of carbonyl (C=O) groups is 1. The van der Waals surface area contributed by atoms with E-state index in [2.05, 4.69) is 34.7 Å². The smallest absolute Gasteiger partial charge is 0.230 e. The molecule has 0 atom stereocenters. The van der Waals surface area contributed by atoms with E-state index in [1.54, 1.807) is 4.90 Å². The lowest BCUT2D eigenvalue weighted by Crippen LogP contribution is -2.49. The second-order valence-corrected chi connectivity index (χ2v) is 6.72. The van der Waals surface area contributed by atoms with Crippen LogP contribution in [0.25, 0.3) is 0 Å². The zero-order chi connectivity index (χ0) is 17.4. The molecule has 1 fully saturated rings. The standard InChI is InChI=1S/C19H30N4O/c1-4-20-18(21-14-16-10-6-5-7-11-16)22-15-19(12-8-9-13-19)17(24)23(2)3/h5-7,10-11H,4,8-9,12-15H2,1-3H3,(H2,20,21,22). The van der Waals surface area contributed by atoms with Crippen LogP contribution in [0.4, 0.5) is 0 Å². The normalized spacial score (nSPS) is 16.7. The molecule has 1 aliphatic carbocycles. The highest BCUT2D eigenvalue weighted by Gasteiger charge is 2.42. The zero-order valence-corrected chi connectivity index (χ0v) is 15.1. The third-order valence-corrected chi connectivity index (χ3v) is 4.62. The summed E-state index contributed by atoms with van der Waals surface area (Å²) < 4.78 is 0. The molecule has 132 valence electrons. The van der Waals surface area contributed by atoms with Crippen molar-refractivity contribution in [3.63, 3.8) is 0 Å². The molecule has 1 aliphatic rings. The Hall–Kier alpha value is -2.04. The van der Waals surface area contributed by atoms with Gasteiger partial charge in [0, 0.05) is 27.2 Å². The van der Waals surface area contributed by atoms with Crippen molar-refractivity contribution in [2.24, 2.45) is 10.4 Å². The molecule has 1 amide bonds. The van der Waals surface area contributed by atoms with Crippen LogP contribution in [-0.2, 0) is 11.3 Å². The molecule has 1 saturated carbocycles. The summed E-state index contributed by atoms with van der Waals surface area (Å²) in [5, 5.41) is 6.68. The van der Waals surface area contributed by atoms with E-state index in [0.717, 1.165) is 38.2 Å². The first-order valence-electron chi connectivity index (χ1n) is 8.85. The van der Waals surface area contributed by atoms with Crippen LogP contribution < -0.4 is 10.6 Å². The van der Waals surface area contributed by atoms with Crippen LogP contribution in [0, 0.1) is 5.41 Å². The van der Waals surface area contributed by atoms with E-state index in [-0.39, 0.29) is 11.3 Å². The maximum Gasteiger partial charge on any atom is 0.230 e. The molecule has 5 nitrogen and oxygen atoms in total. The predicted octanol–water partition coefficient (Wildman–Crippen LogP) is 2.39. The molecule has 0 heterocycles. The largest absolute Gasteiger partial charge is 0.357 e. The van der Waals surface area contributed by atoms with Gasteiger partial charge < -0.3 is 15.5 Å². The van der Waals surface area contributed by atoms with E-state index in [1.807, 2.05) is 32.3 Å². The fourth-order valence-corrected chi connectivity index (χ4v) is 3.34. The Morgan fingerprint density at radius 3 is 2.42 bits per heavy atom. The van der Waals surface area contributed by atoms with Gasteiger partial charge in [0.15, 0.2) is 5.96 Å². The Morgan fingerprint density at radius 2 is 1.83 bits per heavy atom. The Kier molecular flexibility index (Phi) is 6.64. The molecule has 0 aliphatic heterocycles. The van der Waals surface area contributed by atoms with Gasteiger partial charge in [-0.2, -0.15) is 0 Å². The van der Waals surface area contributed by atoms with Crippen molar-refractivity contribution in [2.75, 3.05) is 27.2 Å². The number of rotatable bonds is 6.